The van der Waals surface area contributed by atoms with Crippen LogP contribution in [0, 0.1) is 23.2 Å². The van der Waals surface area contributed by atoms with E-state index in [0.717, 1.165) is 103 Å². The summed E-state index contributed by atoms with van der Waals surface area (Å²) in [6, 6.07) is 6.94. The Morgan fingerprint density at radius 2 is 1.54 bits per heavy atom. The molecule has 2 saturated heterocycles. The van der Waals surface area contributed by atoms with Crippen molar-refractivity contribution in [2.75, 3.05) is 37.7 Å². The van der Waals surface area contributed by atoms with Gasteiger partial charge in [-0.3, -0.25) is 4.21 Å². The third-order valence-electron chi connectivity index (χ3n) is 14.4. The van der Waals surface area contributed by atoms with Gasteiger partial charge in [0.25, 0.3) is 0 Å². The first kappa shape index (κ1) is 45.6. The largest absolute Gasteiger partial charge is 0.453 e. The number of aliphatic hydroxyl groups is 1. The first-order valence-electron chi connectivity index (χ1n) is 21.6. The second-order valence-electron chi connectivity index (χ2n) is 17.9. The van der Waals surface area contributed by atoms with Crippen LogP contribution in [0.4, 0.5) is 26.7 Å². The maximum absolute atomic E-state index is 13.3. The summed E-state index contributed by atoms with van der Waals surface area (Å²) in [5.74, 6) is -1.84. The summed E-state index contributed by atoms with van der Waals surface area (Å²) in [7, 11) is -1.37. The Hall–Kier alpha value is -1.50. The number of benzene rings is 1. The Morgan fingerprint density at radius 1 is 0.875 bits per heavy atom. The van der Waals surface area contributed by atoms with Crippen LogP contribution in [0.5, 0.6) is 5.75 Å². The molecule has 2 saturated carbocycles. The molecule has 2 aliphatic heterocycles. The Balaban J connectivity index is 0.00000600. The second-order valence-corrected chi connectivity index (χ2v) is 19.5. The van der Waals surface area contributed by atoms with E-state index < -0.39 is 35.7 Å². The minimum Gasteiger partial charge on any atom is -0.410 e. The molecule has 1 N–H and O–H groups in total. The highest BCUT2D eigenvalue weighted by Gasteiger charge is 2.57. The maximum atomic E-state index is 13.3. The molecule has 0 aromatic heterocycles. The van der Waals surface area contributed by atoms with E-state index in [-0.39, 0.29) is 35.8 Å². The molecule has 3 aliphatic carbocycles. The number of hydrogen-bond acceptors (Lipinski definition) is 5. The molecule has 0 bridgehead atoms. The zero-order valence-electron chi connectivity index (χ0n) is 33.4. The Labute approximate surface area is 340 Å². The van der Waals surface area contributed by atoms with Crippen LogP contribution in [0.1, 0.15) is 146 Å². The molecule has 0 radical (unpaired) electrons. The van der Waals surface area contributed by atoms with Gasteiger partial charge in [-0.25, -0.2) is 4.79 Å². The number of carbonyl (C=O) groups is 1. The number of halogens is 6. The quantitative estimate of drug-likeness (QED) is 0.133. The molecule has 1 unspecified atom stereocenters. The molecule has 2 heterocycles. The monoisotopic (exact) mass is 836 g/mol. The SMILES string of the molecule is C[C@]12CC[C@@H]3c4ccc(OC(=O)N5CCC(N6CCCCC6)CC5)cc4C[C@@H](CCCCCCCCCS(=O)CCCC(F)(F)C(F)(F)F)[C@H]3[C@@H]1CC[C@@H]2O.Cl. The van der Waals surface area contributed by atoms with E-state index >= 15 is 0 Å². The first-order valence-corrected chi connectivity index (χ1v) is 23.1. The van der Waals surface area contributed by atoms with Crippen LogP contribution in [0.15, 0.2) is 18.2 Å². The number of fused-ring (bicyclic) bond motifs is 5. The lowest BCUT2D eigenvalue weighted by Gasteiger charge is -2.53. The summed E-state index contributed by atoms with van der Waals surface area (Å²) < 4.78 is 81.3. The molecular weight excluding hydrogens is 771 g/mol. The zero-order valence-corrected chi connectivity index (χ0v) is 35.0. The maximum Gasteiger partial charge on any atom is 0.453 e. The normalized spacial score (nSPS) is 29.2. The van der Waals surface area contributed by atoms with E-state index in [9.17, 15) is 36.1 Å². The van der Waals surface area contributed by atoms with Gasteiger partial charge in [0, 0.05) is 47.9 Å². The predicted octanol–water partition coefficient (Wildman–Crippen LogP) is 10.8. The number of piperidine rings is 2. The predicted molar refractivity (Wildman–Crippen MR) is 214 cm³/mol. The minimum absolute atomic E-state index is 0. The molecule has 5 aliphatic rings. The van der Waals surface area contributed by atoms with E-state index in [4.69, 9.17) is 4.74 Å². The lowest BCUT2D eigenvalue weighted by Crippen LogP contribution is -2.48. The van der Waals surface area contributed by atoms with Crippen molar-refractivity contribution in [2.45, 2.75) is 166 Å². The molecule has 56 heavy (non-hydrogen) atoms. The molecule has 7 atom stereocenters. The molecule has 0 spiro atoms. The number of rotatable bonds is 16. The minimum atomic E-state index is -5.55. The van der Waals surface area contributed by atoms with E-state index in [1.165, 1.54) is 43.5 Å². The average molecular weight is 838 g/mol. The molecule has 1 amide bonds. The van der Waals surface area contributed by atoms with Crippen molar-refractivity contribution < 1.29 is 40.8 Å². The van der Waals surface area contributed by atoms with Gasteiger partial charge in [0.2, 0.25) is 0 Å². The fraction of sp³-hybridized carbons (Fsp3) is 0.837. The number of unbranched alkanes of at least 4 members (excludes halogenated alkanes) is 6. The Kier molecular flexibility index (Phi) is 16.4. The Morgan fingerprint density at radius 3 is 2.23 bits per heavy atom. The van der Waals surface area contributed by atoms with Crippen LogP contribution in [-0.2, 0) is 17.2 Å². The Bertz CT molecular complexity index is 1440. The van der Waals surface area contributed by atoms with Crippen molar-refractivity contribution in [3.05, 3.63) is 29.3 Å². The van der Waals surface area contributed by atoms with Gasteiger partial charge in [-0.05, 0) is 142 Å². The highest BCUT2D eigenvalue weighted by molar-refractivity contribution is 7.84. The molecule has 320 valence electrons. The van der Waals surface area contributed by atoms with Crippen molar-refractivity contribution in [1.82, 2.24) is 9.80 Å². The summed E-state index contributed by atoms with van der Waals surface area (Å²) >= 11 is 0. The number of amides is 1. The highest BCUT2D eigenvalue weighted by Crippen LogP contribution is 2.63. The molecule has 1 aromatic carbocycles. The first-order chi connectivity index (χ1) is 26.3. The van der Waals surface area contributed by atoms with Gasteiger partial charge in [-0.15, -0.1) is 12.4 Å². The molecule has 6 rings (SSSR count). The smallest absolute Gasteiger partial charge is 0.410 e. The van der Waals surface area contributed by atoms with E-state index in [1.807, 2.05) is 11.0 Å². The van der Waals surface area contributed by atoms with Crippen LogP contribution < -0.4 is 4.74 Å². The van der Waals surface area contributed by atoms with E-state index in [0.29, 0.717) is 47.6 Å². The zero-order chi connectivity index (χ0) is 39.2. The van der Waals surface area contributed by atoms with E-state index in [2.05, 4.69) is 24.0 Å². The number of alkyl halides is 5. The van der Waals surface area contributed by atoms with Crippen molar-refractivity contribution >= 4 is 29.3 Å². The van der Waals surface area contributed by atoms with Crippen molar-refractivity contribution in [3.63, 3.8) is 0 Å². The molecule has 4 fully saturated rings. The fourth-order valence-electron chi connectivity index (χ4n) is 11.2. The van der Waals surface area contributed by atoms with Gasteiger partial charge in [0.1, 0.15) is 5.75 Å². The van der Waals surface area contributed by atoms with Crippen LogP contribution in [-0.4, -0.2) is 87.1 Å². The second kappa shape index (κ2) is 20.2. The van der Waals surface area contributed by atoms with Crippen molar-refractivity contribution in [1.29, 1.82) is 0 Å². The topological polar surface area (TPSA) is 70.1 Å². The summed E-state index contributed by atoms with van der Waals surface area (Å²) in [5.41, 5.74) is 2.70. The molecule has 6 nitrogen and oxygen atoms in total. The van der Waals surface area contributed by atoms with Crippen LogP contribution in [0.25, 0.3) is 0 Å². The van der Waals surface area contributed by atoms with Gasteiger partial charge >= 0.3 is 18.2 Å². The summed E-state index contributed by atoms with van der Waals surface area (Å²) in [6.45, 7) is 6.17. The molecule has 13 heteroatoms. The van der Waals surface area contributed by atoms with Crippen molar-refractivity contribution in [2.24, 2.45) is 23.2 Å². The summed E-state index contributed by atoms with van der Waals surface area (Å²) in [4.78, 5) is 17.8. The fourth-order valence-corrected chi connectivity index (χ4v) is 12.4. The number of carbonyl (C=O) groups excluding carboxylic acids is 1. The van der Waals surface area contributed by atoms with Gasteiger partial charge in [-0.1, -0.05) is 57.9 Å². The van der Waals surface area contributed by atoms with Gasteiger partial charge < -0.3 is 19.6 Å². The lowest BCUT2D eigenvalue weighted by atomic mass is 9.52. The third-order valence-corrected chi connectivity index (χ3v) is 15.9. The van der Waals surface area contributed by atoms with Crippen molar-refractivity contribution in [3.8, 4) is 5.75 Å². The van der Waals surface area contributed by atoms with Crippen LogP contribution in [0.2, 0.25) is 0 Å². The lowest BCUT2D eigenvalue weighted by molar-refractivity contribution is -0.284. The number of likely N-dealkylation sites (tertiary alicyclic amines) is 2. The molecular formula is C43H66ClF5N2O4S. The summed E-state index contributed by atoms with van der Waals surface area (Å²) in [5, 5.41) is 11.1. The summed E-state index contributed by atoms with van der Waals surface area (Å²) in [6.07, 6.45) is 11.3. The third kappa shape index (κ3) is 11.0. The number of nitrogens with zero attached hydrogens (tertiary/aromatic N) is 2. The number of hydrogen-bond donors (Lipinski definition) is 1. The highest BCUT2D eigenvalue weighted by atomic mass is 35.5. The average Bonchev–Trinajstić information content (AvgIpc) is 3.47. The van der Waals surface area contributed by atoms with Crippen LogP contribution in [0.3, 0.4) is 0 Å². The van der Waals surface area contributed by atoms with Gasteiger partial charge in [-0.2, -0.15) is 22.0 Å². The van der Waals surface area contributed by atoms with Gasteiger partial charge in [0.05, 0.1) is 6.10 Å². The van der Waals surface area contributed by atoms with Crippen LogP contribution >= 0.6 is 12.4 Å². The molecule has 1 aromatic rings. The number of aliphatic hydroxyl groups excluding tert-OH is 1. The van der Waals surface area contributed by atoms with Gasteiger partial charge in [0.15, 0.2) is 0 Å². The number of ether oxygens (including phenoxy) is 1. The van der Waals surface area contributed by atoms with E-state index in [1.54, 1.807) is 0 Å². The standard InChI is InChI=1S/C43H65F5N2O4S.ClH/c1-41-22-18-36-35-15-14-34(54-40(52)50-25-19-33(20-26-50)49-23-9-7-10-24-49)30-32(35)29-31(39(36)37(41)16-17-38(41)51)13-8-5-3-2-4-6-11-27-55(53)28-12-21-42(44,45)43(46,47)48;/h14-15,30-31,33,36-39,51H,2-13,16-29H2,1H3;1H/t31-,36-,37+,38+,39-,41+,55?;/m1./s1.